The van der Waals surface area contributed by atoms with Crippen LogP contribution in [0, 0.1) is 0 Å². The third-order valence-electron chi connectivity index (χ3n) is 5.02. The Hall–Kier alpha value is -1.62. The van der Waals surface area contributed by atoms with Crippen molar-refractivity contribution in [1.29, 1.82) is 0 Å². The summed E-state index contributed by atoms with van der Waals surface area (Å²) in [5.41, 5.74) is 1.86. The molecule has 0 unspecified atom stereocenters. The fourth-order valence-electron chi connectivity index (χ4n) is 3.39. The predicted molar refractivity (Wildman–Crippen MR) is 108 cm³/mol. The first-order chi connectivity index (χ1) is 12.7. The van der Waals surface area contributed by atoms with Gasteiger partial charge in [-0.3, -0.25) is 4.98 Å². The first-order valence-electron chi connectivity index (χ1n) is 10.3. The number of hydrogen-bond acceptors (Lipinski definition) is 3. The Labute approximate surface area is 157 Å². The van der Waals surface area contributed by atoms with Gasteiger partial charge < -0.3 is 9.30 Å². The molecule has 0 atom stereocenters. The molecular formula is C21H35N3O2. The molecule has 0 aliphatic carbocycles. The van der Waals surface area contributed by atoms with E-state index < -0.39 is 0 Å². The molecule has 5 nitrogen and oxygen atoms in total. The Kier molecular flexibility index (Phi) is 9.46. The summed E-state index contributed by atoms with van der Waals surface area (Å²) in [7, 11) is 2.01. The Bertz CT molecular complexity index is 690. The van der Waals surface area contributed by atoms with Crippen LogP contribution in [-0.2, 0) is 18.2 Å². The molecule has 2 heterocycles. The second-order valence-corrected chi connectivity index (χ2v) is 7.23. The van der Waals surface area contributed by atoms with Crippen molar-refractivity contribution in [2.24, 2.45) is 7.05 Å². The van der Waals surface area contributed by atoms with E-state index in [9.17, 15) is 4.79 Å². The summed E-state index contributed by atoms with van der Waals surface area (Å²) in [5.74, 6) is 0. The molecule has 0 aliphatic rings. The fraction of sp³-hybridized carbons (Fsp3) is 0.714. The minimum atomic E-state index is -0.281. The maximum absolute atomic E-state index is 11.3. The van der Waals surface area contributed by atoms with E-state index in [1.54, 1.807) is 6.20 Å². The number of nitrogens with one attached hydrogen (secondary N) is 1. The number of fused-ring (bicyclic) bond motifs is 1. The predicted octanol–water partition coefficient (Wildman–Crippen LogP) is 4.74. The summed E-state index contributed by atoms with van der Waals surface area (Å²) in [6.45, 7) is 4.09. The molecule has 0 aromatic carbocycles. The van der Waals surface area contributed by atoms with Crippen LogP contribution in [0.15, 0.2) is 17.1 Å². The zero-order chi connectivity index (χ0) is 18.6. The molecule has 26 heavy (non-hydrogen) atoms. The molecule has 0 bridgehead atoms. The second kappa shape index (κ2) is 11.9. The number of hydrogen-bond donors (Lipinski definition) is 1. The van der Waals surface area contributed by atoms with E-state index in [-0.39, 0.29) is 5.69 Å². The van der Waals surface area contributed by atoms with E-state index in [2.05, 4.69) is 27.5 Å². The average Bonchev–Trinajstić information content (AvgIpc) is 2.94. The Morgan fingerprint density at radius 2 is 1.65 bits per heavy atom. The summed E-state index contributed by atoms with van der Waals surface area (Å²) < 4.78 is 7.73. The Balaban J connectivity index is 1.50. The number of aromatic nitrogens is 3. The normalized spacial score (nSPS) is 11.5. The average molecular weight is 362 g/mol. The molecule has 146 valence electrons. The van der Waals surface area contributed by atoms with Crippen LogP contribution < -0.4 is 5.69 Å². The quantitative estimate of drug-likeness (QED) is 0.494. The highest BCUT2D eigenvalue weighted by molar-refractivity contribution is 5.76. The molecule has 2 aromatic heterocycles. The summed E-state index contributed by atoms with van der Waals surface area (Å²) in [6.07, 6.45) is 15.4. The van der Waals surface area contributed by atoms with Gasteiger partial charge in [-0.2, -0.15) is 0 Å². The van der Waals surface area contributed by atoms with Crippen molar-refractivity contribution in [3.05, 3.63) is 28.4 Å². The van der Waals surface area contributed by atoms with Crippen LogP contribution in [0.1, 0.15) is 76.8 Å². The second-order valence-electron chi connectivity index (χ2n) is 7.23. The molecule has 2 aromatic rings. The van der Waals surface area contributed by atoms with Gasteiger partial charge in [0.1, 0.15) is 5.65 Å². The number of H-pyrrole nitrogens is 1. The van der Waals surface area contributed by atoms with E-state index in [1.165, 1.54) is 69.9 Å². The lowest BCUT2D eigenvalue weighted by Crippen LogP contribution is -2.10. The summed E-state index contributed by atoms with van der Waals surface area (Å²) in [5, 5.41) is 1.01. The van der Waals surface area contributed by atoms with Crippen molar-refractivity contribution >= 4 is 11.0 Å². The molecule has 2 rings (SSSR count). The summed E-state index contributed by atoms with van der Waals surface area (Å²) in [4.78, 5) is 18.0. The van der Waals surface area contributed by atoms with Crippen LogP contribution in [-0.4, -0.2) is 27.7 Å². The molecule has 0 amide bonds. The summed E-state index contributed by atoms with van der Waals surface area (Å²) >= 11 is 0. The number of ether oxygens (including phenoxy) is 1. The van der Waals surface area contributed by atoms with E-state index in [1.807, 2.05) is 7.05 Å². The van der Waals surface area contributed by atoms with Gasteiger partial charge >= 0.3 is 5.69 Å². The van der Waals surface area contributed by atoms with E-state index in [0.717, 1.165) is 30.7 Å². The third kappa shape index (κ3) is 6.94. The van der Waals surface area contributed by atoms with Gasteiger partial charge in [0.05, 0.1) is 0 Å². The number of aryl methyl sites for hydroxylation is 2. The Morgan fingerprint density at radius 1 is 1.00 bits per heavy atom. The van der Waals surface area contributed by atoms with Gasteiger partial charge in [-0.25, -0.2) is 9.78 Å². The minimum absolute atomic E-state index is 0.281. The third-order valence-corrected chi connectivity index (χ3v) is 5.02. The van der Waals surface area contributed by atoms with Crippen molar-refractivity contribution in [1.82, 2.24) is 14.5 Å². The van der Waals surface area contributed by atoms with Crippen LogP contribution in [0.2, 0.25) is 0 Å². The SMILES string of the molecule is CCCCCOCCCCCCCCCc1cc2cnc(=O)[nH]c2n1C. The van der Waals surface area contributed by atoms with Crippen LogP contribution >= 0.6 is 0 Å². The van der Waals surface area contributed by atoms with E-state index in [4.69, 9.17) is 4.74 Å². The van der Waals surface area contributed by atoms with Crippen molar-refractivity contribution in [3.63, 3.8) is 0 Å². The molecule has 0 fully saturated rings. The van der Waals surface area contributed by atoms with Gasteiger partial charge in [-0.15, -0.1) is 0 Å². The Morgan fingerprint density at radius 3 is 2.38 bits per heavy atom. The maximum atomic E-state index is 11.3. The lowest BCUT2D eigenvalue weighted by atomic mass is 10.1. The van der Waals surface area contributed by atoms with Crippen molar-refractivity contribution in [3.8, 4) is 0 Å². The van der Waals surface area contributed by atoms with Crippen molar-refractivity contribution in [2.45, 2.75) is 77.6 Å². The highest BCUT2D eigenvalue weighted by Gasteiger charge is 2.06. The molecule has 1 N–H and O–H groups in total. The molecule has 5 heteroatoms. The smallest absolute Gasteiger partial charge is 0.346 e. The molecule has 0 radical (unpaired) electrons. The van der Waals surface area contributed by atoms with Gasteiger partial charge in [-0.05, 0) is 31.7 Å². The highest BCUT2D eigenvalue weighted by Crippen LogP contribution is 2.17. The zero-order valence-electron chi connectivity index (χ0n) is 16.6. The van der Waals surface area contributed by atoms with Crippen LogP contribution in [0.5, 0.6) is 0 Å². The zero-order valence-corrected chi connectivity index (χ0v) is 16.6. The first-order valence-corrected chi connectivity index (χ1v) is 10.3. The number of unbranched alkanes of at least 4 members (excludes halogenated alkanes) is 8. The van der Waals surface area contributed by atoms with Crippen LogP contribution in [0.25, 0.3) is 11.0 Å². The topological polar surface area (TPSA) is 59.9 Å². The van der Waals surface area contributed by atoms with Gasteiger partial charge in [0, 0.05) is 37.5 Å². The van der Waals surface area contributed by atoms with E-state index in [0.29, 0.717) is 0 Å². The van der Waals surface area contributed by atoms with Crippen molar-refractivity contribution in [2.75, 3.05) is 13.2 Å². The maximum Gasteiger partial charge on any atom is 0.346 e. The van der Waals surface area contributed by atoms with Gasteiger partial charge in [0.25, 0.3) is 0 Å². The standard InChI is InChI=1S/C21H35N3O2/c1-3-4-11-14-26-15-12-9-7-5-6-8-10-13-19-16-18-17-22-21(25)23-20(18)24(19)2/h16-17H,3-15H2,1-2H3,(H,22,23,25). The molecule has 0 saturated carbocycles. The highest BCUT2D eigenvalue weighted by atomic mass is 16.5. The lowest BCUT2D eigenvalue weighted by Gasteiger charge is -2.05. The first kappa shape index (κ1) is 20.7. The minimum Gasteiger partial charge on any atom is -0.381 e. The summed E-state index contributed by atoms with van der Waals surface area (Å²) in [6, 6.07) is 2.14. The molecule has 0 spiro atoms. The van der Waals surface area contributed by atoms with Gasteiger partial charge in [0.2, 0.25) is 0 Å². The molecule has 0 aliphatic heterocycles. The molecule has 0 saturated heterocycles. The van der Waals surface area contributed by atoms with Crippen LogP contribution in [0.4, 0.5) is 0 Å². The molecular weight excluding hydrogens is 326 g/mol. The number of nitrogens with zero attached hydrogens (tertiary/aromatic N) is 2. The number of rotatable bonds is 14. The van der Waals surface area contributed by atoms with Crippen molar-refractivity contribution < 1.29 is 4.74 Å². The monoisotopic (exact) mass is 361 g/mol. The van der Waals surface area contributed by atoms with Gasteiger partial charge in [0.15, 0.2) is 0 Å². The van der Waals surface area contributed by atoms with Crippen LogP contribution in [0.3, 0.4) is 0 Å². The van der Waals surface area contributed by atoms with E-state index >= 15 is 0 Å². The largest absolute Gasteiger partial charge is 0.381 e. The van der Waals surface area contributed by atoms with Gasteiger partial charge in [-0.1, -0.05) is 51.9 Å². The fourth-order valence-corrected chi connectivity index (χ4v) is 3.39. The number of aromatic amines is 1. The lowest BCUT2D eigenvalue weighted by molar-refractivity contribution is 0.126.